The molecule has 4 nitrogen and oxygen atoms in total. The summed E-state index contributed by atoms with van der Waals surface area (Å²) in [4.78, 5) is 0. The molecule has 24 heavy (non-hydrogen) atoms. The SMILES string of the molecule is OCC1=C[C@@H](c2cccc(Cc3ccccc3)c2)[C@H](O)[C@@H](O)[C@@H]1O. The van der Waals surface area contributed by atoms with E-state index >= 15 is 0 Å². The van der Waals surface area contributed by atoms with Crippen molar-refractivity contribution in [2.45, 2.75) is 30.7 Å². The normalized spacial score (nSPS) is 26.9. The first-order valence-electron chi connectivity index (χ1n) is 8.08. The van der Waals surface area contributed by atoms with E-state index in [2.05, 4.69) is 12.1 Å². The van der Waals surface area contributed by atoms with Crippen molar-refractivity contribution < 1.29 is 20.4 Å². The average Bonchev–Trinajstić information content (AvgIpc) is 2.61. The summed E-state index contributed by atoms with van der Waals surface area (Å²) in [5.74, 6) is -0.457. The van der Waals surface area contributed by atoms with Gasteiger partial charge in [0.25, 0.3) is 0 Å². The summed E-state index contributed by atoms with van der Waals surface area (Å²) in [5, 5.41) is 39.6. The summed E-state index contributed by atoms with van der Waals surface area (Å²) in [5.41, 5.74) is 3.49. The number of benzene rings is 2. The van der Waals surface area contributed by atoms with E-state index in [1.54, 1.807) is 6.08 Å². The standard InChI is InChI=1S/C20H22O4/c21-12-16-11-17(19(23)20(24)18(16)22)15-8-4-7-14(10-15)9-13-5-2-1-3-6-13/h1-8,10-11,17-24H,9,12H2/t17-,18+,19-,20-/m0/s1. The van der Waals surface area contributed by atoms with Gasteiger partial charge in [0.1, 0.15) is 12.2 Å². The number of aliphatic hydroxyl groups is 4. The Morgan fingerprint density at radius 2 is 1.50 bits per heavy atom. The molecule has 4 atom stereocenters. The molecule has 0 spiro atoms. The Bertz CT molecular complexity index is 711. The van der Waals surface area contributed by atoms with Crippen molar-refractivity contribution in [3.8, 4) is 0 Å². The summed E-state index contributed by atoms with van der Waals surface area (Å²) in [6.45, 7) is -0.342. The van der Waals surface area contributed by atoms with E-state index in [9.17, 15) is 20.4 Å². The zero-order chi connectivity index (χ0) is 17.1. The molecule has 0 saturated heterocycles. The minimum Gasteiger partial charge on any atom is -0.392 e. The summed E-state index contributed by atoms with van der Waals surface area (Å²) >= 11 is 0. The molecule has 126 valence electrons. The smallest absolute Gasteiger partial charge is 0.111 e. The Labute approximate surface area is 141 Å². The van der Waals surface area contributed by atoms with Gasteiger partial charge in [0.2, 0.25) is 0 Å². The van der Waals surface area contributed by atoms with Crippen molar-refractivity contribution >= 4 is 0 Å². The molecule has 0 unspecified atom stereocenters. The van der Waals surface area contributed by atoms with Crippen LogP contribution < -0.4 is 0 Å². The maximum Gasteiger partial charge on any atom is 0.111 e. The lowest BCUT2D eigenvalue weighted by Gasteiger charge is -2.34. The second kappa shape index (κ2) is 7.28. The summed E-state index contributed by atoms with van der Waals surface area (Å²) in [7, 11) is 0. The van der Waals surface area contributed by atoms with Crippen LogP contribution in [0.4, 0.5) is 0 Å². The van der Waals surface area contributed by atoms with Crippen LogP contribution in [-0.2, 0) is 6.42 Å². The van der Waals surface area contributed by atoms with Gasteiger partial charge in [-0.05, 0) is 28.7 Å². The molecule has 0 aliphatic heterocycles. The lowest BCUT2D eigenvalue weighted by molar-refractivity contribution is -0.0608. The topological polar surface area (TPSA) is 80.9 Å². The van der Waals surface area contributed by atoms with Gasteiger partial charge in [0.05, 0.1) is 12.7 Å². The molecule has 0 bridgehead atoms. The fourth-order valence-electron chi connectivity index (χ4n) is 3.23. The van der Waals surface area contributed by atoms with Gasteiger partial charge in [-0.2, -0.15) is 0 Å². The van der Waals surface area contributed by atoms with Crippen molar-refractivity contribution in [3.05, 3.63) is 82.9 Å². The van der Waals surface area contributed by atoms with Gasteiger partial charge in [0, 0.05) is 5.92 Å². The Balaban J connectivity index is 1.89. The summed E-state index contributed by atoms with van der Waals surface area (Å²) in [6.07, 6.45) is -1.21. The zero-order valence-corrected chi connectivity index (χ0v) is 13.3. The first-order chi connectivity index (χ1) is 11.6. The van der Waals surface area contributed by atoms with Crippen molar-refractivity contribution in [1.29, 1.82) is 0 Å². The predicted molar refractivity (Wildman–Crippen MR) is 91.6 cm³/mol. The van der Waals surface area contributed by atoms with Crippen LogP contribution in [0.3, 0.4) is 0 Å². The largest absolute Gasteiger partial charge is 0.392 e. The minimum atomic E-state index is -1.31. The Kier molecular flexibility index (Phi) is 5.11. The van der Waals surface area contributed by atoms with E-state index in [0.29, 0.717) is 5.57 Å². The van der Waals surface area contributed by atoms with Crippen molar-refractivity contribution in [2.24, 2.45) is 0 Å². The average molecular weight is 326 g/mol. The number of aliphatic hydroxyl groups excluding tert-OH is 4. The molecule has 0 fully saturated rings. The highest BCUT2D eigenvalue weighted by Gasteiger charge is 2.37. The van der Waals surface area contributed by atoms with Gasteiger partial charge in [0.15, 0.2) is 0 Å². The van der Waals surface area contributed by atoms with Crippen molar-refractivity contribution in [3.63, 3.8) is 0 Å². The molecule has 0 radical (unpaired) electrons. The lowest BCUT2D eigenvalue weighted by atomic mass is 9.79. The highest BCUT2D eigenvalue weighted by atomic mass is 16.4. The van der Waals surface area contributed by atoms with Crippen LogP contribution in [0.1, 0.15) is 22.6 Å². The monoisotopic (exact) mass is 326 g/mol. The van der Waals surface area contributed by atoms with Gasteiger partial charge < -0.3 is 20.4 Å². The lowest BCUT2D eigenvalue weighted by Crippen LogP contribution is -2.45. The second-order valence-electron chi connectivity index (χ2n) is 6.26. The molecule has 1 aliphatic carbocycles. The number of hydrogen-bond acceptors (Lipinski definition) is 4. The van der Waals surface area contributed by atoms with E-state index < -0.39 is 24.2 Å². The van der Waals surface area contributed by atoms with Crippen LogP contribution in [0.25, 0.3) is 0 Å². The summed E-state index contributed by atoms with van der Waals surface area (Å²) < 4.78 is 0. The molecule has 0 saturated carbocycles. The molecule has 3 rings (SSSR count). The Morgan fingerprint density at radius 1 is 0.792 bits per heavy atom. The molecule has 0 amide bonds. The van der Waals surface area contributed by atoms with Crippen molar-refractivity contribution in [1.82, 2.24) is 0 Å². The third-order valence-electron chi connectivity index (χ3n) is 4.58. The summed E-state index contributed by atoms with van der Waals surface area (Å²) in [6, 6.07) is 17.9. The van der Waals surface area contributed by atoms with E-state index in [1.165, 1.54) is 5.56 Å². The maximum absolute atomic E-state index is 10.3. The molecule has 0 heterocycles. The molecular formula is C20H22O4. The van der Waals surface area contributed by atoms with Gasteiger partial charge in [-0.15, -0.1) is 0 Å². The van der Waals surface area contributed by atoms with Crippen LogP contribution >= 0.6 is 0 Å². The van der Waals surface area contributed by atoms with Gasteiger partial charge in [-0.25, -0.2) is 0 Å². The molecule has 4 N–H and O–H groups in total. The molecule has 0 aromatic heterocycles. The predicted octanol–water partition coefficient (Wildman–Crippen LogP) is 1.38. The molecule has 2 aromatic rings. The molecule has 1 aliphatic rings. The highest BCUT2D eigenvalue weighted by molar-refractivity contribution is 5.36. The number of rotatable bonds is 4. The first-order valence-corrected chi connectivity index (χ1v) is 8.08. The van der Waals surface area contributed by atoms with Crippen molar-refractivity contribution in [2.75, 3.05) is 6.61 Å². The van der Waals surface area contributed by atoms with Crippen LogP contribution in [-0.4, -0.2) is 45.3 Å². The third kappa shape index (κ3) is 3.42. The molecular weight excluding hydrogens is 304 g/mol. The van der Waals surface area contributed by atoms with Gasteiger partial charge in [-0.3, -0.25) is 0 Å². The third-order valence-corrected chi connectivity index (χ3v) is 4.58. The van der Waals surface area contributed by atoms with Crippen LogP contribution in [0.15, 0.2) is 66.2 Å². The Morgan fingerprint density at radius 3 is 2.21 bits per heavy atom. The quantitative estimate of drug-likeness (QED) is 0.640. The first kappa shape index (κ1) is 16.9. The van der Waals surface area contributed by atoms with Gasteiger partial charge in [-0.1, -0.05) is 60.7 Å². The van der Waals surface area contributed by atoms with E-state index in [4.69, 9.17) is 0 Å². The maximum atomic E-state index is 10.3. The van der Waals surface area contributed by atoms with E-state index in [0.717, 1.165) is 17.5 Å². The second-order valence-corrected chi connectivity index (χ2v) is 6.26. The van der Waals surface area contributed by atoms with Gasteiger partial charge >= 0.3 is 0 Å². The minimum absolute atomic E-state index is 0.339. The zero-order valence-electron chi connectivity index (χ0n) is 13.3. The Hall–Kier alpha value is -1.98. The fraction of sp³-hybridized carbons (Fsp3) is 0.300. The van der Waals surface area contributed by atoms with Crippen LogP contribution in [0, 0.1) is 0 Å². The molecule has 2 aromatic carbocycles. The molecule has 4 heteroatoms. The van der Waals surface area contributed by atoms with E-state index in [1.807, 2.05) is 42.5 Å². The van der Waals surface area contributed by atoms with E-state index in [-0.39, 0.29) is 6.61 Å². The van der Waals surface area contributed by atoms with Crippen LogP contribution in [0.2, 0.25) is 0 Å². The number of hydrogen-bond donors (Lipinski definition) is 4. The highest BCUT2D eigenvalue weighted by Crippen LogP contribution is 2.32. The van der Waals surface area contributed by atoms with Crippen LogP contribution in [0.5, 0.6) is 0 Å². The fourth-order valence-corrected chi connectivity index (χ4v) is 3.23.